The number of rotatable bonds is 8. The third-order valence-electron chi connectivity index (χ3n) is 1.66. The Balaban J connectivity index is -0.000000256. The van der Waals surface area contributed by atoms with Gasteiger partial charge in [0.05, 0.1) is 24.1 Å². The fourth-order valence-electron chi connectivity index (χ4n) is 0.688. The summed E-state index contributed by atoms with van der Waals surface area (Å²) < 4.78 is 0. The van der Waals surface area contributed by atoms with Crippen LogP contribution in [0.1, 0.15) is 25.7 Å². The number of aliphatic carboxylic acids is 2. The second-order valence-corrected chi connectivity index (χ2v) is 3.82. The minimum atomic E-state index is -1.44. The second kappa shape index (κ2) is 15.9. The number of aliphatic hydroxyl groups excluding tert-OH is 2. The van der Waals surface area contributed by atoms with Crippen molar-refractivity contribution in [1.82, 2.24) is 0 Å². The third kappa shape index (κ3) is 17.8. The van der Waals surface area contributed by atoms with Gasteiger partial charge in [0.25, 0.3) is 0 Å². The van der Waals surface area contributed by atoms with Crippen LogP contribution in [0.4, 0.5) is 0 Å². The molecule has 0 aromatic carbocycles. The molecule has 0 aromatic rings. The second-order valence-electron chi connectivity index (χ2n) is 3.16. The molecule has 0 heterocycles. The van der Waals surface area contributed by atoms with Crippen LogP contribution >= 0.6 is 24.4 Å². The van der Waals surface area contributed by atoms with Crippen molar-refractivity contribution in [1.29, 1.82) is 0 Å². The largest absolute Gasteiger partial charge is 2.00 e. The molecular formula is C10H14MgO6S2. The van der Waals surface area contributed by atoms with Gasteiger partial charge in [-0.2, -0.15) is 0 Å². The van der Waals surface area contributed by atoms with E-state index in [2.05, 4.69) is 24.4 Å². The van der Waals surface area contributed by atoms with E-state index in [1.54, 1.807) is 0 Å². The Morgan fingerprint density at radius 1 is 0.947 bits per heavy atom. The van der Waals surface area contributed by atoms with Gasteiger partial charge in [0.1, 0.15) is 0 Å². The number of carboxylic acid groups (broad SMARTS) is 2. The molecule has 104 valence electrons. The van der Waals surface area contributed by atoms with Crippen molar-refractivity contribution < 1.29 is 30.0 Å². The summed E-state index contributed by atoms with van der Waals surface area (Å²) >= 11 is 8.82. The van der Waals surface area contributed by atoms with Crippen LogP contribution in [0.2, 0.25) is 0 Å². The Morgan fingerprint density at radius 2 is 1.21 bits per heavy atom. The predicted molar refractivity (Wildman–Crippen MR) is 73.6 cm³/mol. The van der Waals surface area contributed by atoms with Crippen LogP contribution in [0.3, 0.4) is 0 Å². The molecule has 19 heavy (non-hydrogen) atoms. The summed E-state index contributed by atoms with van der Waals surface area (Å²) in [6.07, 6.45) is -1.61. The predicted octanol–water partition coefficient (Wildman–Crippen LogP) is -2.63. The van der Waals surface area contributed by atoms with Crippen LogP contribution in [-0.4, -0.2) is 68.1 Å². The van der Waals surface area contributed by atoms with E-state index in [1.807, 2.05) is 0 Å². The number of carboxylic acids is 2. The molecule has 6 nitrogen and oxygen atoms in total. The first-order valence-corrected chi connectivity index (χ1v) is 5.96. The Morgan fingerprint density at radius 3 is 1.37 bits per heavy atom. The molecule has 2 unspecified atom stereocenters. The summed E-state index contributed by atoms with van der Waals surface area (Å²) in [7, 11) is 0. The zero-order chi connectivity index (χ0) is 14.6. The summed E-state index contributed by atoms with van der Waals surface area (Å²) in [6, 6.07) is 0. The van der Waals surface area contributed by atoms with E-state index >= 15 is 0 Å². The summed E-state index contributed by atoms with van der Waals surface area (Å²) in [4.78, 5) is 19.6. The van der Waals surface area contributed by atoms with Crippen LogP contribution in [-0.2, 0) is 9.59 Å². The Labute approximate surface area is 138 Å². The quantitative estimate of drug-likeness (QED) is 0.368. The molecule has 0 rings (SSSR count). The Bertz CT molecular complexity index is 259. The molecule has 0 saturated carbocycles. The molecule has 0 saturated heterocycles. The number of aliphatic hydroxyl groups is 2. The summed E-state index contributed by atoms with van der Waals surface area (Å²) in [5, 5.41) is 39.4. The third-order valence-corrected chi connectivity index (χ3v) is 2.13. The maximum atomic E-state index is 9.80. The Kier molecular flexibility index (Phi) is 19.9. The Hall–Kier alpha value is -0.194. The average Bonchev–Trinajstić information content (AvgIpc) is 2.33. The average molecular weight is 319 g/mol. The number of hydrogen-bond acceptors (Lipinski definition) is 8. The maximum absolute atomic E-state index is 9.80. The van der Waals surface area contributed by atoms with Gasteiger partial charge in [0.2, 0.25) is 0 Å². The molecule has 0 fully saturated rings. The van der Waals surface area contributed by atoms with E-state index in [0.717, 1.165) is 0 Å². The van der Waals surface area contributed by atoms with Gasteiger partial charge in [-0.1, -0.05) is 24.4 Å². The summed E-state index contributed by atoms with van der Waals surface area (Å²) in [5.74, 6) is -2.88. The van der Waals surface area contributed by atoms with Gasteiger partial charge in [-0.3, -0.25) is 0 Å². The molecular weight excluding hydrogens is 305 g/mol. The van der Waals surface area contributed by atoms with Gasteiger partial charge < -0.3 is 30.0 Å². The van der Waals surface area contributed by atoms with E-state index < -0.39 is 24.1 Å². The standard InChI is InChI=1S/2C5H8O3S.Mg/c2*6-4(5(7)8)2-1-3-9;/h2*3-4,6H,1-2H2,(H,7,8);/q;;+2/p-2. The van der Waals surface area contributed by atoms with Crippen LogP contribution in [0.5, 0.6) is 0 Å². The van der Waals surface area contributed by atoms with Crippen molar-refractivity contribution in [3.05, 3.63) is 0 Å². The number of thiocarbonyl (C=S) groups is 2. The van der Waals surface area contributed by atoms with Crippen LogP contribution in [0, 0.1) is 0 Å². The van der Waals surface area contributed by atoms with Gasteiger partial charge in [-0.25, -0.2) is 0 Å². The first-order chi connectivity index (χ1) is 8.36. The van der Waals surface area contributed by atoms with Crippen LogP contribution in [0.15, 0.2) is 0 Å². The molecule has 0 aliphatic rings. The van der Waals surface area contributed by atoms with Crippen molar-refractivity contribution in [2.75, 3.05) is 0 Å². The van der Waals surface area contributed by atoms with Crippen molar-refractivity contribution >= 4 is 70.2 Å². The number of carbonyl (C=O) groups excluding carboxylic acids is 2. The van der Waals surface area contributed by atoms with E-state index in [1.165, 1.54) is 10.7 Å². The number of hydrogen-bond donors (Lipinski definition) is 2. The van der Waals surface area contributed by atoms with E-state index in [-0.39, 0.29) is 35.9 Å². The fourth-order valence-corrected chi connectivity index (χ4v) is 0.960. The molecule has 2 atom stereocenters. The van der Waals surface area contributed by atoms with Crippen LogP contribution in [0.25, 0.3) is 0 Å². The molecule has 9 heteroatoms. The SMILES string of the molecule is O=C([O-])C(O)CCC=S.O=C([O-])C(O)CCC=S.[Mg+2]. The van der Waals surface area contributed by atoms with Crippen LogP contribution < -0.4 is 10.2 Å². The molecule has 0 bridgehead atoms. The normalized spacial score (nSPS) is 11.9. The van der Waals surface area contributed by atoms with E-state index in [4.69, 9.17) is 10.2 Å². The molecule has 0 aliphatic carbocycles. The van der Waals surface area contributed by atoms with Crippen molar-refractivity contribution in [2.45, 2.75) is 37.9 Å². The minimum Gasteiger partial charge on any atom is -0.547 e. The van der Waals surface area contributed by atoms with Gasteiger partial charge in [0, 0.05) is 0 Å². The molecule has 0 aliphatic heterocycles. The maximum Gasteiger partial charge on any atom is 2.00 e. The minimum absolute atomic E-state index is 0. The number of carbonyl (C=O) groups is 2. The first-order valence-electron chi connectivity index (χ1n) is 5.01. The fraction of sp³-hybridized carbons (Fsp3) is 0.600. The van der Waals surface area contributed by atoms with Gasteiger partial charge in [-0.15, -0.1) is 0 Å². The van der Waals surface area contributed by atoms with Crippen molar-refractivity contribution in [3.8, 4) is 0 Å². The molecule has 0 amide bonds. The van der Waals surface area contributed by atoms with Gasteiger partial charge >= 0.3 is 23.1 Å². The van der Waals surface area contributed by atoms with Crippen molar-refractivity contribution in [3.63, 3.8) is 0 Å². The molecule has 2 N–H and O–H groups in total. The van der Waals surface area contributed by atoms with E-state index in [9.17, 15) is 19.8 Å². The van der Waals surface area contributed by atoms with Gasteiger partial charge in [-0.05, 0) is 36.4 Å². The molecule has 0 spiro atoms. The monoisotopic (exact) mass is 318 g/mol. The summed E-state index contributed by atoms with van der Waals surface area (Å²) in [6.45, 7) is 0. The first kappa shape index (κ1) is 23.9. The topological polar surface area (TPSA) is 121 Å². The molecule has 0 aromatic heterocycles. The summed E-state index contributed by atoms with van der Waals surface area (Å²) in [5.41, 5.74) is 0. The smallest absolute Gasteiger partial charge is 0.547 e. The van der Waals surface area contributed by atoms with E-state index in [0.29, 0.717) is 12.8 Å². The van der Waals surface area contributed by atoms with Gasteiger partial charge in [0.15, 0.2) is 0 Å². The zero-order valence-corrected chi connectivity index (χ0v) is 13.2. The molecule has 0 radical (unpaired) electrons. The van der Waals surface area contributed by atoms with Crippen molar-refractivity contribution in [2.24, 2.45) is 0 Å². The zero-order valence-electron chi connectivity index (χ0n) is 10.2.